The summed E-state index contributed by atoms with van der Waals surface area (Å²) >= 11 is 3.44. The van der Waals surface area contributed by atoms with Gasteiger partial charge in [-0.1, -0.05) is 41.9 Å². The number of benzene rings is 2. The summed E-state index contributed by atoms with van der Waals surface area (Å²) in [6.07, 6.45) is 0. The van der Waals surface area contributed by atoms with E-state index in [0.29, 0.717) is 17.0 Å². The molecule has 0 aliphatic carbocycles. The molecule has 0 atom stereocenters. The highest BCUT2D eigenvalue weighted by molar-refractivity contribution is 9.10. The summed E-state index contributed by atoms with van der Waals surface area (Å²) in [5.41, 5.74) is 2.18. The lowest BCUT2D eigenvalue weighted by molar-refractivity contribution is -0.118. The number of hydrogen-bond donors (Lipinski definition) is 1. The average molecular weight is 390 g/mol. The van der Waals surface area contributed by atoms with Crippen LogP contribution in [0.2, 0.25) is 0 Å². The summed E-state index contributed by atoms with van der Waals surface area (Å²) in [4.78, 5) is 23.5. The molecule has 5 heteroatoms. The van der Waals surface area contributed by atoms with Gasteiger partial charge < -0.3 is 10.1 Å². The molecule has 0 fully saturated rings. The van der Waals surface area contributed by atoms with Gasteiger partial charge in [0.05, 0.1) is 0 Å². The number of hydrogen-bond acceptors (Lipinski definition) is 3. The molecule has 126 valence electrons. The van der Waals surface area contributed by atoms with Crippen LogP contribution in [0.15, 0.2) is 46.9 Å². The van der Waals surface area contributed by atoms with Gasteiger partial charge in [0.15, 0.2) is 12.4 Å². The molecule has 24 heavy (non-hydrogen) atoms. The highest BCUT2D eigenvalue weighted by Gasteiger charge is 2.11. The van der Waals surface area contributed by atoms with Crippen LogP contribution in [0.1, 0.15) is 42.6 Å². The highest BCUT2D eigenvalue weighted by Crippen LogP contribution is 2.29. The van der Waals surface area contributed by atoms with Crippen molar-refractivity contribution < 1.29 is 14.3 Å². The van der Waals surface area contributed by atoms with E-state index in [2.05, 4.69) is 35.1 Å². The van der Waals surface area contributed by atoms with Crippen LogP contribution < -0.4 is 10.1 Å². The molecule has 0 radical (unpaired) electrons. The van der Waals surface area contributed by atoms with Crippen molar-refractivity contribution >= 4 is 33.3 Å². The molecule has 2 aromatic carbocycles. The number of carbonyl (C=O) groups excluding carboxylic acids is 2. The average Bonchev–Trinajstić information content (AvgIpc) is 2.53. The number of carbonyl (C=O) groups is 2. The van der Waals surface area contributed by atoms with Crippen molar-refractivity contribution in [3.63, 3.8) is 0 Å². The van der Waals surface area contributed by atoms with Gasteiger partial charge in [0.1, 0.15) is 5.75 Å². The Kier molecular flexibility index (Phi) is 6.15. The molecule has 1 amide bonds. The predicted molar refractivity (Wildman–Crippen MR) is 98.8 cm³/mol. The van der Waals surface area contributed by atoms with E-state index >= 15 is 0 Å². The van der Waals surface area contributed by atoms with E-state index in [1.54, 1.807) is 24.3 Å². The van der Waals surface area contributed by atoms with Gasteiger partial charge in [-0.15, -0.1) is 0 Å². The van der Waals surface area contributed by atoms with Crippen molar-refractivity contribution in [1.82, 2.24) is 0 Å². The van der Waals surface area contributed by atoms with Crippen LogP contribution in [-0.2, 0) is 4.79 Å². The highest BCUT2D eigenvalue weighted by atomic mass is 79.9. The number of ether oxygens (including phenoxy) is 1. The van der Waals surface area contributed by atoms with Crippen LogP contribution in [0.5, 0.6) is 5.75 Å². The summed E-state index contributed by atoms with van der Waals surface area (Å²) in [5.74, 6) is 0.667. The van der Waals surface area contributed by atoms with E-state index < -0.39 is 0 Å². The molecule has 0 aromatic heterocycles. The fourth-order valence-electron chi connectivity index (χ4n) is 2.26. The molecule has 2 rings (SSSR count). The third kappa shape index (κ3) is 4.93. The quantitative estimate of drug-likeness (QED) is 0.722. The van der Waals surface area contributed by atoms with Crippen LogP contribution >= 0.6 is 15.9 Å². The van der Waals surface area contributed by atoms with E-state index in [1.165, 1.54) is 6.92 Å². The Morgan fingerprint density at radius 3 is 2.58 bits per heavy atom. The number of Topliss-reactive ketones (excluding diaryl/α,β-unsaturated/α-hetero) is 1. The topological polar surface area (TPSA) is 55.4 Å². The maximum absolute atomic E-state index is 12.1. The maximum atomic E-state index is 12.1. The smallest absolute Gasteiger partial charge is 0.262 e. The van der Waals surface area contributed by atoms with Crippen molar-refractivity contribution in [2.75, 3.05) is 11.9 Å². The van der Waals surface area contributed by atoms with E-state index in [-0.39, 0.29) is 24.2 Å². The molecule has 0 heterocycles. The fourth-order valence-corrected chi connectivity index (χ4v) is 2.64. The Morgan fingerprint density at radius 1 is 1.17 bits per heavy atom. The van der Waals surface area contributed by atoms with Gasteiger partial charge in [-0.25, -0.2) is 0 Å². The lowest BCUT2D eigenvalue weighted by Crippen LogP contribution is -2.20. The van der Waals surface area contributed by atoms with Crippen LogP contribution in [0.4, 0.5) is 5.69 Å². The molecule has 0 bridgehead atoms. The van der Waals surface area contributed by atoms with Crippen LogP contribution in [0.25, 0.3) is 0 Å². The summed E-state index contributed by atoms with van der Waals surface area (Å²) in [7, 11) is 0. The van der Waals surface area contributed by atoms with Gasteiger partial charge in [-0.3, -0.25) is 9.59 Å². The number of rotatable bonds is 6. The standard InChI is InChI=1S/C19H20BrNO3/c1-12(2)17-10-15(20)7-8-18(17)24-11-19(23)21-16-6-4-5-14(9-16)13(3)22/h4-10,12H,11H2,1-3H3,(H,21,23). The van der Waals surface area contributed by atoms with E-state index in [4.69, 9.17) is 4.74 Å². The Balaban J connectivity index is 2.01. The molecule has 2 aromatic rings. The van der Waals surface area contributed by atoms with Crippen molar-refractivity contribution in [3.8, 4) is 5.75 Å². The molecule has 0 unspecified atom stereocenters. The summed E-state index contributed by atoms with van der Waals surface area (Å²) in [6.45, 7) is 5.54. The Labute approximate surface area is 150 Å². The fraction of sp³-hybridized carbons (Fsp3) is 0.263. The molecule has 0 aliphatic rings. The molecule has 4 nitrogen and oxygen atoms in total. The second-order valence-electron chi connectivity index (χ2n) is 5.81. The summed E-state index contributed by atoms with van der Waals surface area (Å²) in [5, 5.41) is 2.74. The van der Waals surface area contributed by atoms with Crippen LogP contribution in [-0.4, -0.2) is 18.3 Å². The first-order chi connectivity index (χ1) is 11.4. The number of anilines is 1. The minimum Gasteiger partial charge on any atom is -0.483 e. The molecule has 1 N–H and O–H groups in total. The first-order valence-electron chi connectivity index (χ1n) is 7.70. The van der Waals surface area contributed by atoms with Crippen molar-refractivity contribution in [1.29, 1.82) is 0 Å². The van der Waals surface area contributed by atoms with E-state index in [9.17, 15) is 9.59 Å². The van der Waals surface area contributed by atoms with Gasteiger partial charge in [0, 0.05) is 15.7 Å². The normalized spacial score (nSPS) is 10.5. The summed E-state index contributed by atoms with van der Waals surface area (Å²) < 4.78 is 6.64. The zero-order valence-corrected chi connectivity index (χ0v) is 15.5. The number of halogens is 1. The third-order valence-corrected chi connectivity index (χ3v) is 4.00. The molecule has 0 saturated carbocycles. The van der Waals surface area contributed by atoms with Gasteiger partial charge in [0.2, 0.25) is 0 Å². The lowest BCUT2D eigenvalue weighted by Gasteiger charge is -2.14. The minimum atomic E-state index is -0.270. The lowest BCUT2D eigenvalue weighted by atomic mass is 10.0. The molecule has 0 spiro atoms. The Bertz CT molecular complexity index is 756. The first kappa shape index (κ1) is 18.2. The van der Waals surface area contributed by atoms with E-state index in [1.807, 2.05) is 18.2 Å². The second-order valence-corrected chi connectivity index (χ2v) is 6.73. The monoisotopic (exact) mass is 389 g/mol. The summed E-state index contributed by atoms with van der Waals surface area (Å²) in [6, 6.07) is 12.6. The molecule has 0 aliphatic heterocycles. The maximum Gasteiger partial charge on any atom is 0.262 e. The number of ketones is 1. The SMILES string of the molecule is CC(=O)c1cccc(NC(=O)COc2ccc(Br)cc2C(C)C)c1. The minimum absolute atomic E-state index is 0.0428. The zero-order chi connectivity index (χ0) is 17.7. The largest absolute Gasteiger partial charge is 0.483 e. The molecular weight excluding hydrogens is 370 g/mol. The van der Waals surface area contributed by atoms with Crippen molar-refractivity contribution in [3.05, 3.63) is 58.1 Å². The van der Waals surface area contributed by atoms with Crippen LogP contribution in [0, 0.1) is 0 Å². The zero-order valence-electron chi connectivity index (χ0n) is 13.9. The van der Waals surface area contributed by atoms with E-state index in [0.717, 1.165) is 10.0 Å². The van der Waals surface area contributed by atoms with Gasteiger partial charge >= 0.3 is 0 Å². The van der Waals surface area contributed by atoms with Crippen molar-refractivity contribution in [2.24, 2.45) is 0 Å². The first-order valence-corrected chi connectivity index (χ1v) is 8.49. The van der Waals surface area contributed by atoms with Gasteiger partial charge in [-0.05, 0) is 48.7 Å². The Hall–Kier alpha value is -2.14. The van der Waals surface area contributed by atoms with Crippen molar-refractivity contribution in [2.45, 2.75) is 26.7 Å². The number of nitrogens with one attached hydrogen (secondary N) is 1. The predicted octanol–water partition coefficient (Wildman–Crippen LogP) is 4.79. The Morgan fingerprint density at radius 2 is 1.92 bits per heavy atom. The van der Waals surface area contributed by atoms with Gasteiger partial charge in [0.25, 0.3) is 5.91 Å². The second kappa shape index (κ2) is 8.11. The molecule has 0 saturated heterocycles. The third-order valence-electron chi connectivity index (χ3n) is 3.51. The molecular formula is C19H20BrNO3. The number of amides is 1. The van der Waals surface area contributed by atoms with Crippen LogP contribution in [0.3, 0.4) is 0 Å². The van der Waals surface area contributed by atoms with Gasteiger partial charge in [-0.2, -0.15) is 0 Å².